The van der Waals surface area contributed by atoms with Gasteiger partial charge in [-0.1, -0.05) is 42.1 Å². The summed E-state index contributed by atoms with van der Waals surface area (Å²) in [5.41, 5.74) is 9.41. The second-order valence-electron chi connectivity index (χ2n) is 4.46. The minimum absolute atomic E-state index is 0.0978. The molecular formula is C15H14N4S. The maximum atomic E-state index is 7.45. The molecule has 0 saturated heterocycles. The number of imidazole rings is 1. The second-order valence-corrected chi connectivity index (χ2v) is 5.43. The lowest BCUT2D eigenvalue weighted by Gasteiger charge is -2.02. The van der Waals surface area contributed by atoms with E-state index in [2.05, 4.69) is 9.97 Å². The molecule has 0 spiro atoms. The van der Waals surface area contributed by atoms with Crippen LogP contribution in [0.5, 0.6) is 0 Å². The van der Waals surface area contributed by atoms with Crippen molar-refractivity contribution in [2.24, 2.45) is 5.73 Å². The monoisotopic (exact) mass is 282 g/mol. The molecule has 5 heteroatoms. The van der Waals surface area contributed by atoms with E-state index in [9.17, 15) is 0 Å². The predicted octanol–water partition coefficient (Wildman–Crippen LogP) is 3.14. The first kappa shape index (κ1) is 12.7. The summed E-state index contributed by atoms with van der Waals surface area (Å²) in [6.45, 7) is 0. The maximum absolute atomic E-state index is 7.45. The third-order valence-electron chi connectivity index (χ3n) is 2.98. The lowest BCUT2D eigenvalue weighted by atomic mass is 10.1. The minimum atomic E-state index is 0.0978. The zero-order valence-electron chi connectivity index (χ0n) is 10.8. The van der Waals surface area contributed by atoms with Crippen LogP contribution in [-0.4, -0.2) is 15.8 Å². The van der Waals surface area contributed by atoms with Crippen molar-refractivity contribution >= 4 is 28.6 Å². The topological polar surface area (TPSA) is 78.6 Å². The van der Waals surface area contributed by atoms with E-state index in [1.165, 1.54) is 0 Å². The van der Waals surface area contributed by atoms with E-state index in [4.69, 9.17) is 11.1 Å². The highest BCUT2D eigenvalue weighted by Gasteiger charge is 2.04. The van der Waals surface area contributed by atoms with Gasteiger partial charge in [-0.05, 0) is 23.8 Å². The van der Waals surface area contributed by atoms with Crippen molar-refractivity contribution in [3.8, 4) is 0 Å². The van der Waals surface area contributed by atoms with E-state index >= 15 is 0 Å². The molecule has 4 nitrogen and oxygen atoms in total. The summed E-state index contributed by atoms with van der Waals surface area (Å²) in [6, 6.07) is 15.7. The van der Waals surface area contributed by atoms with E-state index in [1.54, 1.807) is 11.8 Å². The van der Waals surface area contributed by atoms with Gasteiger partial charge in [-0.25, -0.2) is 4.98 Å². The third-order valence-corrected chi connectivity index (χ3v) is 3.93. The Balaban J connectivity index is 1.75. The number of thioether (sulfide) groups is 1. The fourth-order valence-corrected chi connectivity index (χ4v) is 2.81. The van der Waals surface area contributed by atoms with Crippen molar-refractivity contribution in [2.45, 2.75) is 10.9 Å². The molecule has 2 aromatic carbocycles. The molecule has 1 heterocycles. The smallest absolute Gasteiger partial charge is 0.166 e. The normalized spacial score (nSPS) is 10.8. The first-order valence-electron chi connectivity index (χ1n) is 6.23. The molecular weight excluding hydrogens is 268 g/mol. The zero-order chi connectivity index (χ0) is 13.9. The number of aromatic amines is 1. The average Bonchev–Trinajstić information content (AvgIpc) is 2.88. The molecule has 100 valence electrons. The minimum Gasteiger partial charge on any atom is -0.384 e. The molecule has 0 amide bonds. The molecule has 0 aliphatic rings. The lowest BCUT2D eigenvalue weighted by molar-refractivity contribution is 1.08. The molecule has 0 atom stereocenters. The Bertz CT molecular complexity index is 730. The summed E-state index contributed by atoms with van der Waals surface area (Å²) < 4.78 is 0. The van der Waals surface area contributed by atoms with Gasteiger partial charge in [0.15, 0.2) is 5.16 Å². The SMILES string of the molecule is N=C(N)c1cccc(CSc2nc3ccccc3[nH]2)c1. The number of rotatable bonds is 4. The number of fused-ring (bicyclic) bond motifs is 1. The summed E-state index contributed by atoms with van der Waals surface area (Å²) in [4.78, 5) is 7.81. The van der Waals surface area contributed by atoms with E-state index in [0.717, 1.165) is 33.1 Å². The highest BCUT2D eigenvalue weighted by Crippen LogP contribution is 2.23. The predicted molar refractivity (Wildman–Crippen MR) is 83.1 cm³/mol. The summed E-state index contributed by atoms with van der Waals surface area (Å²) >= 11 is 1.64. The standard InChI is InChI=1S/C15H14N4S/c16-14(17)11-5-3-4-10(8-11)9-20-15-18-12-6-1-2-7-13(12)19-15/h1-8H,9H2,(H3,16,17)(H,18,19). The van der Waals surface area contributed by atoms with E-state index in [1.807, 2.05) is 48.5 Å². The van der Waals surface area contributed by atoms with Crippen LogP contribution in [0.1, 0.15) is 11.1 Å². The Morgan fingerprint density at radius 2 is 2.05 bits per heavy atom. The van der Waals surface area contributed by atoms with Gasteiger partial charge in [0.05, 0.1) is 11.0 Å². The number of nitrogens with one attached hydrogen (secondary N) is 2. The number of benzene rings is 2. The summed E-state index contributed by atoms with van der Waals surface area (Å²) in [7, 11) is 0. The Morgan fingerprint density at radius 1 is 1.20 bits per heavy atom. The fraction of sp³-hybridized carbons (Fsp3) is 0.0667. The van der Waals surface area contributed by atoms with Crippen LogP contribution >= 0.6 is 11.8 Å². The van der Waals surface area contributed by atoms with Crippen molar-refractivity contribution in [2.75, 3.05) is 0 Å². The number of nitrogens with zero attached hydrogens (tertiary/aromatic N) is 1. The third kappa shape index (κ3) is 2.67. The number of H-pyrrole nitrogens is 1. The number of hydrogen-bond donors (Lipinski definition) is 3. The Morgan fingerprint density at radius 3 is 2.85 bits per heavy atom. The molecule has 0 unspecified atom stereocenters. The first-order chi connectivity index (χ1) is 9.72. The van der Waals surface area contributed by atoms with E-state index in [-0.39, 0.29) is 5.84 Å². The van der Waals surface area contributed by atoms with Crippen LogP contribution in [0, 0.1) is 5.41 Å². The van der Waals surface area contributed by atoms with Gasteiger partial charge in [-0.3, -0.25) is 5.41 Å². The van der Waals surface area contributed by atoms with Crippen molar-refractivity contribution in [3.63, 3.8) is 0 Å². The van der Waals surface area contributed by atoms with Gasteiger partial charge in [0.1, 0.15) is 5.84 Å². The molecule has 0 saturated carbocycles. The lowest BCUT2D eigenvalue weighted by Crippen LogP contribution is -2.10. The number of amidine groups is 1. The van der Waals surface area contributed by atoms with Crippen LogP contribution in [0.25, 0.3) is 11.0 Å². The van der Waals surface area contributed by atoms with Gasteiger partial charge in [0, 0.05) is 11.3 Å². The highest BCUT2D eigenvalue weighted by molar-refractivity contribution is 7.98. The van der Waals surface area contributed by atoms with E-state index in [0.29, 0.717) is 0 Å². The molecule has 0 fully saturated rings. The van der Waals surface area contributed by atoms with Crippen LogP contribution in [-0.2, 0) is 5.75 Å². The summed E-state index contributed by atoms with van der Waals surface area (Å²) in [5, 5.41) is 8.36. The van der Waals surface area contributed by atoms with Crippen LogP contribution < -0.4 is 5.73 Å². The maximum Gasteiger partial charge on any atom is 0.166 e. The Kier molecular flexibility index (Phi) is 3.43. The zero-order valence-corrected chi connectivity index (χ0v) is 11.6. The molecule has 0 bridgehead atoms. The van der Waals surface area contributed by atoms with Gasteiger partial charge >= 0.3 is 0 Å². The van der Waals surface area contributed by atoms with Crippen molar-refractivity contribution in [3.05, 3.63) is 59.7 Å². The number of nitrogens with two attached hydrogens (primary N) is 1. The highest BCUT2D eigenvalue weighted by atomic mass is 32.2. The average molecular weight is 282 g/mol. The van der Waals surface area contributed by atoms with Crippen LogP contribution in [0.2, 0.25) is 0 Å². The number of para-hydroxylation sites is 2. The molecule has 0 aliphatic heterocycles. The van der Waals surface area contributed by atoms with Crippen molar-refractivity contribution in [1.29, 1.82) is 5.41 Å². The molecule has 0 radical (unpaired) electrons. The van der Waals surface area contributed by atoms with Crippen LogP contribution in [0.3, 0.4) is 0 Å². The largest absolute Gasteiger partial charge is 0.384 e. The van der Waals surface area contributed by atoms with Crippen LogP contribution in [0.4, 0.5) is 0 Å². The van der Waals surface area contributed by atoms with Crippen molar-refractivity contribution < 1.29 is 0 Å². The van der Waals surface area contributed by atoms with E-state index < -0.39 is 0 Å². The summed E-state index contributed by atoms with van der Waals surface area (Å²) in [6.07, 6.45) is 0. The number of aromatic nitrogens is 2. The first-order valence-corrected chi connectivity index (χ1v) is 7.22. The Labute approximate surface area is 120 Å². The number of nitrogen functional groups attached to an aromatic ring is 1. The van der Waals surface area contributed by atoms with Crippen molar-refractivity contribution in [1.82, 2.24) is 9.97 Å². The second kappa shape index (κ2) is 5.38. The molecule has 3 rings (SSSR count). The van der Waals surface area contributed by atoms with Gasteiger partial charge in [0.2, 0.25) is 0 Å². The van der Waals surface area contributed by atoms with Gasteiger partial charge in [0.25, 0.3) is 0 Å². The fourth-order valence-electron chi connectivity index (χ4n) is 1.98. The molecule has 0 aliphatic carbocycles. The van der Waals surface area contributed by atoms with Gasteiger partial charge in [-0.15, -0.1) is 0 Å². The number of hydrogen-bond acceptors (Lipinski definition) is 3. The molecule has 1 aromatic heterocycles. The molecule has 20 heavy (non-hydrogen) atoms. The quantitative estimate of drug-likeness (QED) is 0.391. The summed E-state index contributed by atoms with van der Waals surface area (Å²) in [5.74, 6) is 0.890. The van der Waals surface area contributed by atoms with Gasteiger partial charge in [-0.2, -0.15) is 0 Å². The molecule has 3 aromatic rings. The molecule has 4 N–H and O–H groups in total. The Hall–Kier alpha value is -2.27. The van der Waals surface area contributed by atoms with Crippen LogP contribution in [0.15, 0.2) is 53.7 Å². The van der Waals surface area contributed by atoms with Gasteiger partial charge < -0.3 is 10.7 Å².